The van der Waals surface area contributed by atoms with Gasteiger partial charge in [0, 0.05) is 5.56 Å². The molecule has 1 aromatic rings. The number of carbonyl (C=O) groups excluding carboxylic acids is 2. The van der Waals surface area contributed by atoms with Crippen molar-refractivity contribution >= 4 is 23.5 Å². The molecule has 0 aliphatic rings. The Morgan fingerprint density at radius 1 is 1.50 bits per heavy atom. The monoisotopic (exact) mass is 245 g/mol. The van der Waals surface area contributed by atoms with Crippen LogP contribution in [0.4, 0.5) is 4.39 Å². The molecule has 0 saturated heterocycles. The molecule has 0 heterocycles. The fourth-order valence-corrected chi connectivity index (χ4v) is 1.08. The summed E-state index contributed by atoms with van der Waals surface area (Å²) < 4.78 is 17.3. The fourth-order valence-electron chi connectivity index (χ4n) is 0.964. The third-order valence-electron chi connectivity index (χ3n) is 1.80. The number of nitrogens with one attached hydrogen (secondary N) is 1. The lowest BCUT2D eigenvalue weighted by Gasteiger charge is -2.04. The second-order valence-corrected chi connectivity index (χ2v) is 3.29. The molecule has 0 aromatic heterocycles. The van der Waals surface area contributed by atoms with E-state index in [4.69, 9.17) is 11.6 Å². The third-order valence-corrected chi connectivity index (χ3v) is 2.11. The van der Waals surface area contributed by atoms with Gasteiger partial charge in [-0.25, -0.2) is 4.39 Å². The van der Waals surface area contributed by atoms with Crippen LogP contribution in [0.3, 0.4) is 0 Å². The topological polar surface area (TPSA) is 55.4 Å². The molecule has 0 unspecified atom stereocenters. The van der Waals surface area contributed by atoms with Crippen molar-refractivity contribution in [3.8, 4) is 0 Å². The summed E-state index contributed by atoms with van der Waals surface area (Å²) >= 11 is 5.45. The lowest BCUT2D eigenvalue weighted by atomic mass is 10.2. The Balaban J connectivity index is 2.66. The highest BCUT2D eigenvalue weighted by Gasteiger charge is 2.10. The maximum absolute atomic E-state index is 13.0. The Morgan fingerprint density at radius 3 is 2.75 bits per heavy atom. The maximum atomic E-state index is 13.0. The minimum atomic E-state index is -0.688. The lowest BCUT2D eigenvalue weighted by molar-refractivity contribution is -0.139. The van der Waals surface area contributed by atoms with E-state index in [1.807, 2.05) is 0 Å². The van der Waals surface area contributed by atoms with Gasteiger partial charge in [0.25, 0.3) is 5.91 Å². The predicted octanol–water partition coefficient (Wildman–Crippen LogP) is 1.38. The lowest BCUT2D eigenvalue weighted by Crippen LogP contribution is -2.30. The molecular formula is C10H9ClFNO3. The van der Waals surface area contributed by atoms with Crippen molar-refractivity contribution in [1.29, 1.82) is 0 Å². The van der Waals surface area contributed by atoms with Crippen LogP contribution in [-0.4, -0.2) is 25.5 Å². The first kappa shape index (κ1) is 12.4. The van der Waals surface area contributed by atoms with Crippen molar-refractivity contribution in [1.82, 2.24) is 5.32 Å². The van der Waals surface area contributed by atoms with E-state index in [0.29, 0.717) is 0 Å². The van der Waals surface area contributed by atoms with E-state index in [1.165, 1.54) is 19.2 Å². The summed E-state index contributed by atoms with van der Waals surface area (Å²) in [6.07, 6.45) is 0. The van der Waals surface area contributed by atoms with Crippen molar-refractivity contribution < 1.29 is 18.7 Å². The molecule has 6 heteroatoms. The van der Waals surface area contributed by atoms with Gasteiger partial charge in [0.2, 0.25) is 0 Å². The first-order chi connectivity index (χ1) is 7.54. The molecule has 86 valence electrons. The van der Waals surface area contributed by atoms with Gasteiger partial charge in [0.15, 0.2) is 0 Å². The molecule has 1 aromatic carbocycles. The molecule has 0 spiro atoms. The zero-order valence-electron chi connectivity index (χ0n) is 8.42. The van der Waals surface area contributed by atoms with Gasteiger partial charge in [-0.1, -0.05) is 11.6 Å². The molecule has 4 nitrogen and oxygen atoms in total. The van der Waals surface area contributed by atoms with Crippen molar-refractivity contribution in [2.75, 3.05) is 13.7 Å². The number of rotatable bonds is 3. The summed E-state index contributed by atoms with van der Waals surface area (Å²) in [4.78, 5) is 22.1. The van der Waals surface area contributed by atoms with Crippen LogP contribution in [0.2, 0.25) is 5.02 Å². The van der Waals surface area contributed by atoms with Crippen molar-refractivity contribution in [3.05, 3.63) is 34.6 Å². The van der Waals surface area contributed by atoms with Crippen LogP contribution in [-0.2, 0) is 9.53 Å². The number of carbonyl (C=O) groups is 2. The maximum Gasteiger partial charge on any atom is 0.325 e. The van der Waals surface area contributed by atoms with Crippen molar-refractivity contribution in [2.24, 2.45) is 0 Å². The number of hydrogen-bond acceptors (Lipinski definition) is 3. The molecule has 0 fully saturated rings. The number of halogens is 2. The van der Waals surface area contributed by atoms with E-state index >= 15 is 0 Å². The van der Waals surface area contributed by atoms with Gasteiger partial charge in [-0.15, -0.1) is 0 Å². The van der Waals surface area contributed by atoms with Crippen LogP contribution in [0.15, 0.2) is 18.2 Å². The average molecular weight is 246 g/mol. The Morgan fingerprint density at radius 2 is 2.19 bits per heavy atom. The van der Waals surface area contributed by atoms with E-state index in [2.05, 4.69) is 10.1 Å². The predicted molar refractivity (Wildman–Crippen MR) is 55.8 cm³/mol. The first-order valence-corrected chi connectivity index (χ1v) is 4.72. The molecule has 1 amide bonds. The van der Waals surface area contributed by atoms with Crippen LogP contribution >= 0.6 is 11.6 Å². The number of amides is 1. The molecule has 0 saturated carbocycles. The Hall–Kier alpha value is -1.62. The minimum absolute atomic E-state index is 0.0653. The molecule has 0 aliphatic carbocycles. The van der Waals surface area contributed by atoms with Gasteiger partial charge in [-0.05, 0) is 18.2 Å². The van der Waals surface area contributed by atoms with E-state index in [0.717, 1.165) is 6.07 Å². The number of esters is 1. The summed E-state index contributed by atoms with van der Waals surface area (Å²) in [6.45, 7) is -0.264. The van der Waals surface area contributed by atoms with Gasteiger partial charge in [-0.3, -0.25) is 9.59 Å². The third kappa shape index (κ3) is 3.20. The van der Waals surface area contributed by atoms with Gasteiger partial charge in [0.05, 0.1) is 12.1 Å². The van der Waals surface area contributed by atoms with E-state index < -0.39 is 17.7 Å². The number of hydrogen-bond donors (Lipinski definition) is 1. The van der Waals surface area contributed by atoms with Gasteiger partial charge >= 0.3 is 5.97 Å². The summed E-state index contributed by atoms with van der Waals surface area (Å²) in [5.41, 5.74) is 0.0887. The van der Waals surface area contributed by atoms with E-state index in [9.17, 15) is 14.0 Å². The van der Waals surface area contributed by atoms with Crippen molar-refractivity contribution in [3.63, 3.8) is 0 Å². The smallest absolute Gasteiger partial charge is 0.325 e. The second-order valence-electron chi connectivity index (χ2n) is 2.89. The van der Waals surface area contributed by atoms with Crippen LogP contribution in [0, 0.1) is 5.82 Å². The van der Waals surface area contributed by atoms with Crippen LogP contribution < -0.4 is 5.32 Å². The molecule has 16 heavy (non-hydrogen) atoms. The SMILES string of the molecule is COC(=O)CNC(=O)c1ccc(Cl)c(F)c1. The Kier molecular flexibility index (Phi) is 4.25. The number of benzene rings is 1. The largest absolute Gasteiger partial charge is 0.468 e. The highest BCUT2D eigenvalue weighted by Crippen LogP contribution is 2.15. The quantitative estimate of drug-likeness (QED) is 0.819. The molecular weight excluding hydrogens is 237 g/mol. The van der Waals surface area contributed by atoms with E-state index in [-0.39, 0.29) is 17.1 Å². The second kappa shape index (κ2) is 5.46. The summed E-state index contributed by atoms with van der Waals surface area (Å²) in [6, 6.07) is 3.62. The molecule has 1 rings (SSSR count). The van der Waals surface area contributed by atoms with Crippen LogP contribution in [0.5, 0.6) is 0 Å². The molecule has 1 N–H and O–H groups in total. The highest BCUT2D eigenvalue weighted by atomic mass is 35.5. The summed E-state index contributed by atoms with van der Waals surface area (Å²) in [7, 11) is 1.20. The zero-order valence-corrected chi connectivity index (χ0v) is 9.18. The minimum Gasteiger partial charge on any atom is -0.468 e. The van der Waals surface area contributed by atoms with Gasteiger partial charge in [-0.2, -0.15) is 0 Å². The first-order valence-electron chi connectivity index (χ1n) is 4.34. The molecule has 0 radical (unpaired) electrons. The summed E-state index contributed by atoms with van der Waals surface area (Å²) in [5, 5.41) is 2.21. The van der Waals surface area contributed by atoms with E-state index in [1.54, 1.807) is 0 Å². The summed E-state index contributed by atoms with van der Waals surface area (Å²) in [5.74, 6) is -1.84. The number of ether oxygens (including phenoxy) is 1. The average Bonchev–Trinajstić information content (AvgIpc) is 2.29. The van der Waals surface area contributed by atoms with Crippen molar-refractivity contribution in [2.45, 2.75) is 0 Å². The normalized spacial score (nSPS) is 9.69. The molecule has 0 aliphatic heterocycles. The highest BCUT2D eigenvalue weighted by molar-refractivity contribution is 6.30. The van der Waals surface area contributed by atoms with Crippen LogP contribution in [0.1, 0.15) is 10.4 Å². The fraction of sp³-hybridized carbons (Fsp3) is 0.200. The zero-order chi connectivity index (χ0) is 12.1. The Labute approximate surface area is 96.3 Å². The standard InChI is InChI=1S/C10H9ClFNO3/c1-16-9(14)5-13-10(15)6-2-3-7(11)8(12)4-6/h2-4H,5H2,1H3,(H,13,15). The van der Waals surface area contributed by atoms with Gasteiger partial charge in [0.1, 0.15) is 12.4 Å². The molecule has 0 bridgehead atoms. The van der Waals surface area contributed by atoms with Gasteiger partial charge < -0.3 is 10.1 Å². The number of methoxy groups -OCH3 is 1. The van der Waals surface area contributed by atoms with Crippen LogP contribution in [0.25, 0.3) is 0 Å². The molecule has 0 atom stereocenters. The Bertz CT molecular complexity index is 423.